The molecule has 0 heterocycles. The van der Waals surface area contributed by atoms with Crippen LogP contribution in [0.15, 0.2) is 35.9 Å². The summed E-state index contributed by atoms with van der Waals surface area (Å²) >= 11 is 0. The van der Waals surface area contributed by atoms with Gasteiger partial charge in [0.05, 0.1) is 6.04 Å². The molecule has 2 nitrogen and oxygen atoms in total. The molecule has 0 aliphatic carbocycles. The largest absolute Gasteiger partial charge is 0.345 e. The van der Waals surface area contributed by atoms with Crippen LogP contribution in [-0.2, 0) is 4.79 Å². The van der Waals surface area contributed by atoms with Crippen molar-refractivity contribution >= 4 is 5.91 Å². The monoisotopic (exact) mass is 273 g/mol. The number of carbonyl (C=O) groups is 1. The number of carbonyl (C=O) groups excluding carboxylic acids is 1. The Balaban J connectivity index is 2.91. The van der Waals surface area contributed by atoms with Crippen LogP contribution in [0.1, 0.15) is 64.6 Å². The van der Waals surface area contributed by atoms with Gasteiger partial charge in [-0.25, -0.2) is 0 Å². The lowest BCUT2D eigenvalue weighted by Gasteiger charge is -2.23. The highest BCUT2D eigenvalue weighted by molar-refractivity contribution is 5.88. The van der Waals surface area contributed by atoms with Crippen molar-refractivity contribution in [1.82, 2.24) is 5.32 Å². The Labute approximate surface area is 123 Å². The molecule has 0 aromatic heterocycles. The fraction of sp³-hybridized carbons (Fsp3) is 0.500. The fourth-order valence-electron chi connectivity index (χ4n) is 2.18. The zero-order valence-corrected chi connectivity index (χ0v) is 13.5. The number of allylic oxidation sites excluding steroid dienone is 1. The second-order valence-corrected chi connectivity index (χ2v) is 6.27. The van der Waals surface area contributed by atoms with E-state index in [4.69, 9.17) is 0 Å². The van der Waals surface area contributed by atoms with Gasteiger partial charge in [-0.2, -0.15) is 0 Å². The lowest BCUT2D eigenvalue weighted by Crippen LogP contribution is -2.30. The summed E-state index contributed by atoms with van der Waals surface area (Å²) in [7, 11) is 0. The van der Waals surface area contributed by atoms with Crippen molar-refractivity contribution in [2.75, 3.05) is 0 Å². The van der Waals surface area contributed by atoms with Crippen molar-refractivity contribution in [2.24, 2.45) is 5.92 Å². The quantitative estimate of drug-likeness (QED) is 0.781. The predicted octanol–water partition coefficient (Wildman–Crippen LogP) is 4.59. The third-order valence-corrected chi connectivity index (χ3v) is 3.35. The van der Waals surface area contributed by atoms with Gasteiger partial charge in [-0.15, -0.1) is 0 Å². The Morgan fingerprint density at radius 1 is 1.00 bits per heavy atom. The summed E-state index contributed by atoms with van der Waals surface area (Å²) < 4.78 is 0. The van der Waals surface area contributed by atoms with E-state index in [2.05, 4.69) is 57.3 Å². The smallest absolute Gasteiger partial charge is 0.244 e. The van der Waals surface area contributed by atoms with E-state index in [0.29, 0.717) is 11.8 Å². The maximum Gasteiger partial charge on any atom is 0.244 e. The normalized spacial score (nSPS) is 12.4. The summed E-state index contributed by atoms with van der Waals surface area (Å²) in [6, 6.07) is 8.62. The van der Waals surface area contributed by atoms with Gasteiger partial charge in [0.2, 0.25) is 5.91 Å². The highest BCUT2D eigenvalue weighted by atomic mass is 16.1. The van der Waals surface area contributed by atoms with Gasteiger partial charge in [-0.3, -0.25) is 4.79 Å². The van der Waals surface area contributed by atoms with Crippen LogP contribution in [-0.4, -0.2) is 5.91 Å². The van der Waals surface area contributed by atoms with Crippen molar-refractivity contribution < 1.29 is 4.79 Å². The molecule has 0 saturated carbocycles. The lowest BCUT2D eigenvalue weighted by molar-refractivity contribution is -0.117. The molecule has 0 aliphatic heterocycles. The molecule has 1 amide bonds. The molecule has 0 radical (unpaired) electrons. The van der Waals surface area contributed by atoms with Crippen LogP contribution in [0, 0.1) is 5.92 Å². The van der Waals surface area contributed by atoms with Crippen LogP contribution in [0.5, 0.6) is 0 Å². The summed E-state index contributed by atoms with van der Waals surface area (Å²) in [6.07, 6.45) is 1.65. The van der Waals surface area contributed by atoms with Gasteiger partial charge in [0.25, 0.3) is 0 Å². The summed E-state index contributed by atoms with van der Waals surface area (Å²) in [5.41, 5.74) is 3.51. The molecule has 1 rings (SSSR count). The summed E-state index contributed by atoms with van der Waals surface area (Å²) in [5.74, 6) is 0.868. The zero-order chi connectivity index (χ0) is 15.3. The van der Waals surface area contributed by atoms with Gasteiger partial charge in [0, 0.05) is 6.08 Å². The standard InChI is InChI=1S/C18H27NO/c1-12(2)11-17(20)19-18(14(5)6)16-9-7-15(8-10-16)13(3)4/h7-11,13-14,18H,1-6H3,(H,19,20). The summed E-state index contributed by atoms with van der Waals surface area (Å²) in [5, 5.41) is 3.10. The lowest BCUT2D eigenvalue weighted by atomic mass is 9.93. The first-order valence-corrected chi connectivity index (χ1v) is 7.36. The summed E-state index contributed by atoms with van der Waals surface area (Å²) in [6.45, 7) is 12.5. The van der Waals surface area contributed by atoms with Crippen molar-refractivity contribution in [3.63, 3.8) is 0 Å². The molecule has 2 heteroatoms. The minimum Gasteiger partial charge on any atom is -0.345 e. The van der Waals surface area contributed by atoms with Crippen molar-refractivity contribution in [3.8, 4) is 0 Å². The number of rotatable bonds is 5. The van der Waals surface area contributed by atoms with Gasteiger partial charge < -0.3 is 5.32 Å². The van der Waals surface area contributed by atoms with Gasteiger partial charge in [0.1, 0.15) is 0 Å². The number of benzene rings is 1. The second kappa shape index (κ2) is 7.28. The zero-order valence-electron chi connectivity index (χ0n) is 13.5. The first kappa shape index (κ1) is 16.5. The molecule has 1 unspecified atom stereocenters. The predicted molar refractivity (Wildman–Crippen MR) is 85.7 cm³/mol. The van der Waals surface area contributed by atoms with E-state index in [9.17, 15) is 4.79 Å². The Kier molecular flexibility index (Phi) is 6.00. The number of nitrogens with one attached hydrogen (secondary N) is 1. The van der Waals surface area contributed by atoms with E-state index in [1.165, 1.54) is 11.1 Å². The molecule has 1 aromatic carbocycles. The minimum absolute atomic E-state index is 0.0170. The molecule has 1 aromatic rings. The number of hydrogen-bond donors (Lipinski definition) is 1. The topological polar surface area (TPSA) is 29.1 Å². The van der Waals surface area contributed by atoms with Crippen LogP contribution in [0.2, 0.25) is 0 Å². The summed E-state index contributed by atoms with van der Waals surface area (Å²) in [4.78, 5) is 11.9. The Morgan fingerprint density at radius 3 is 1.90 bits per heavy atom. The average molecular weight is 273 g/mol. The Hall–Kier alpha value is -1.57. The van der Waals surface area contributed by atoms with Crippen LogP contribution in [0.25, 0.3) is 0 Å². The molecular weight excluding hydrogens is 246 g/mol. The first-order chi connectivity index (χ1) is 9.31. The van der Waals surface area contributed by atoms with Crippen LogP contribution in [0.3, 0.4) is 0 Å². The molecule has 1 N–H and O–H groups in total. The van der Waals surface area contributed by atoms with Crippen molar-refractivity contribution in [1.29, 1.82) is 0 Å². The third kappa shape index (κ3) is 4.84. The van der Waals surface area contributed by atoms with E-state index in [1.807, 2.05) is 13.8 Å². The molecule has 0 fully saturated rings. The Bertz CT molecular complexity index is 465. The third-order valence-electron chi connectivity index (χ3n) is 3.35. The maximum atomic E-state index is 11.9. The van der Waals surface area contributed by atoms with E-state index in [1.54, 1.807) is 6.08 Å². The Morgan fingerprint density at radius 2 is 1.50 bits per heavy atom. The fourth-order valence-corrected chi connectivity index (χ4v) is 2.18. The number of amides is 1. The number of hydrogen-bond acceptors (Lipinski definition) is 1. The molecule has 0 spiro atoms. The van der Waals surface area contributed by atoms with Gasteiger partial charge >= 0.3 is 0 Å². The van der Waals surface area contributed by atoms with Crippen LogP contribution in [0.4, 0.5) is 0 Å². The SMILES string of the molecule is CC(C)=CC(=O)NC(c1ccc(C(C)C)cc1)C(C)C. The van der Waals surface area contributed by atoms with Crippen LogP contribution < -0.4 is 5.32 Å². The van der Waals surface area contributed by atoms with Gasteiger partial charge in [-0.05, 0) is 36.8 Å². The molecule has 1 atom stereocenters. The molecule has 20 heavy (non-hydrogen) atoms. The minimum atomic E-state index is -0.0170. The van der Waals surface area contributed by atoms with Crippen molar-refractivity contribution in [2.45, 2.75) is 53.5 Å². The molecule has 0 aliphatic rings. The second-order valence-electron chi connectivity index (χ2n) is 6.27. The van der Waals surface area contributed by atoms with E-state index >= 15 is 0 Å². The van der Waals surface area contributed by atoms with E-state index in [-0.39, 0.29) is 11.9 Å². The molecule has 0 bridgehead atoms. The van der Waals surface area contributed by atoms with E-state index in [0.717, 1.165) is 5.57 Å². The van der Waals surface area contributed by atoms with Crippen molar-refractivity contribution in [3.05, 3.63) is 47.0 Å². The van der Waals surface area contributed by atoms with Crippen LogP contribution >= 0.6 is 0 Å². The molecule has 110 valence electrons. The highest BCUT2D eigenvalue weighted by Crippen LogP contribution is 2.24. The average Bonchev–Trinajstić information content (AvgIpc) is 2.35. The van der Waals surface area contributed by atoms with Gasteiger partial charge in [0.15, 0.2) is 0 Å². The molecular formula is C18H27NO. The maximum absolute atomic E-state index is 11.9. The van der Waals surface area contributed by atoms with Gasteiger partial charge in [-0.1, -0.05) is 57.5 Å². The highest BCUT2D eigenvalue weighted by Gasteiger charge is 2.17. The molecule has 0 saturated heterocycles. The first-order valence-electron chi connectivity index (χ1n) is 7.36. The van der Waals surface area contributed by atoms with E-state index < -0.39 is 0 Å².